The third-order valence-corrected chi connectivity index (χ3v) is 4.62. The van der Waals surface area contributed by atoms with Crippen molar-refractivity contribution in [1.82, 2.24) is 5.32 Å². The predicted molar refractivity (Wildman–Crippen MR) is 78.6 cm³/mol. The molecule has 2 aliphatic carbocycles. The smallest absolute Gasteiger partial charge is 0.306 e. The minimum absolute atomic E-state index is 0.154. The summed E-state index contributed by atoms with van der Waals surface area (Å²) in [5.74, 6) is 0.00676. The Bertz CT molecular complexity index is 482. The second-order valence-corrected chi connectivity index (χ2v) is 6.30. The van der Waals surface area contributed by atoms with E-state index in [0.717, 1.165) is 38.1 Å². The summed E-state index contributed by atoms with van der Waals surface area (Å²) in [5.41, 5.74) is 2.79. The van der Waals surface area contributed by atoms with Crippen molar-refractivity contribution in [2.24, 2.45) is 5.92 Å². The standard InChI is InChI=1S/C17H23NO2/c19-17(20)15-5-2-6-16(10-15)18-11-12-3-1-4-14(9-12)13-7-8-13/h1,3-4,9,13,15-16,18H,2,5-8,10-11H2,(H,19,20). The highest BCUT2D eigenvalue weighted by Gasteiger charge is 2.27. The molecule has 0 spiro atoms. The largest absolute Gasteiger partial charge is 0.481 e. The summed E-state index contributed by atoms with van der Waals surface area (Å²) in [6, 6.07) is 9.20. The molecule has 0 aliphatic heterocycles. The van der Waals surface area contributed by atoms with Crippen molar-refractivity contribution in [2.75, 3.05) is 0 Å². The van der Waals surface area contributed by atoms with Gasteiger partial charge < -0.3 is 10.4 Å². The number of hydrogen-bond donors (Lipinski definition) is 2. The first-order valence-corrected chi connectivity index (χ1v) is 7.77. The highest BCUT2D eigenvalue weighted by atomic mass is 16.4. The first-order chi connectivity index (χ1) is 9.72. The van der Waals surface area contributed by atoms with E-state index in [-0.39, 0.29) is 5.92 Å². The fraction of sp³-hybridized carbons (Fsp3) is 0.588. The van der Waals surface area contributed by atoms with Gasteiger partial charge in [0.2, 0.25) is 0 Å². The second kappa shape index (κ2) is 5.96. The minimum atomic E-state index is -0.632. The highest BCUT2D eigenvalue weighted by molar-refractivity contribution is 5.70. The Hall–Kier alpha value is -1.35. The molecular formula is C17H23NO2. The summed E-state index contributed by atoms with van der Waals surface area (Å²) in [6.45, 7) is 0.859. The molecule has 1 aromatic rings. The Morgan fingerprint density at radius 1 is 1.25 bits per heavy atom. The van der Waals surface area contributed by atoms with Gasteiger partial charge in [0.1, 0.15) is 0 Å². The Labute approximate surface area is 120 Å². The molecule has 2 fully saturated rings. The van der Waals surface area contributed by atoms with Crippen LogP contribution in [-0.2, 0) is 11.3 Å². The van der Waals surface area contributed by atoms with Crippen LogP contribution in [0.25, 0.3) is 0 Å². The van der Waals surface area contributed by atoms with Crippen molar-refractivity contribution in [3.05, 3.63) is 35.4 Å². The highest BCUT2D eigenvalue weighted by Crippen LogP contribution is 2.40. The molecule has 0 amide bonds. The zero-order valence-corrected chi connectivity index (χ0v) is 11.8. The number of benzene rings is 1. The lowest BCUT2D eigenvalue weighted by molar-refractivity contribution is -0.143. The molecule has 0 bridgehead atoms. The summed E-state index contributed by atoms with van der Waals surface area (Å²) < 4.78 is 0. The third-order valence-electron chi connectivity index (χ3n) is 4.62. The van der Waals surface area contributed by atoms with E-state index in [1.807, 2.05) is 0 Å². The fourth-order valence-corrected chi connectivity index (χ4v) is 3.24. The SMILES string of the molecule is O=C(O)C1CCCC(NCc2cccc(C3CC3)c2)C1. The number of carboxylic acid groups (broad SMARTS) is 1. The number of rotatable bonds is 5. The minimum Gasteiger partial charge on any atom is -0.481 e. The van der Waals surface area contributed by atoms with Crippen LogP contribution in [0.5, 0.6) is 0 Å². The van der Waals surface area contributed by atoms with Crippen LogP contribution in [0, 0.1) is 5.92 Å². The first kappa shape index (κ1) is 13.6. The van der Waals surface area contributed by atoms with Gasteiger partial charge in [0, 0.05) is 12.6 Å². The summed E-state index contributed by atoms with van der Waals surface area (Å²) in [7, 11) is 0. The second-order valence-electron chi connectivity index (χ2n) is 6.30. The van der Waals surface area contributed by atoms with E-state index < -0.39 is 5.97 Å². The van der Waals surface area contributed by atoms with Crippen LogP contribution < -0.4 is 5.32 Å². The number of hydrogen-bond acceptors (Lipinski definition) is 2. The Morgan fingerprint density at radius 2 is 2.10 bits per heavy atom. The first-order valence-electron chi connectivity index (χ1n) is 7.77. The summed E-state index contributed by atoms with van der Waals surface area (Å²) >= 11 is 0. The molecule has 2 aliphatic rings. The molecule has 0 heterocycles. The number of aliphatic carboxylic acids is 1. The summed E-state index contributed by atoms with van der Waals surface area (Å²) in [4.78, 5) is 11.1. The maximum atomic E-state index is 11.1. The zero-order valence-electron chi connectivity index (χ0n) is 11.8. The third kappa shape index (κ3) is 3.40. The molecule has 3 heteroatoms. The topological polar surface area (TPSA) is 49.3 Å². The van der Waals surface area contributed by atoms with Crippen molar-refractivity contribution in [2.45, 2.75) is 57.0 Å². The van der Waals surface area contributed by atoms with Crippen molar-refractivity contribution in [3.8, 4) is 0 Å². The van der Waals surface area contributed by atoms with Gasteiger partial charge in [0.25, 0.3) is 0 Å². The van der Waals surface area contributed by atoms with E-state index in [9.17, 15) is 4.79 Å². The van der Waals surface area contributed by atoms with Crippen LogP contribution in [0.2, 0.25) is 0 Å². The molecule has 2 atom stereocenters. The average molecular weight is 273 g/mol. The Kier molecular flexibility index (Phi) is 4.06. The van der Waals surface area contributed by atoms with E-state index in [2.05, 4.69) is 29.6 Å². The van der Waals surface area contributed by atoms with Gasteiger partial charge >= 0.3 is 5.97 Å². The number of carboxylic acids is 1. The maximum Gasteiger partial charge on any atom is 0.306 e. The van der Waals surface area contributed by atoms with E-state index in [1.54, 1.807) is 0 Å². The molecule has 0 saturated heterocycles. The van der Waals surface area contributed by atoms with Crippen molar-refractivity contribution in [3.63, 3.8) is 0 Å². The summed E-state index contributed by atoms with van der Waals surface area (Å²) in [5, 5.41) is 12.7. The van der Waals surface area contributed by atoms with E-state index in [1.165, 1.54) is 24.0 Å². The van der Waals surface area contributed by atoms with E-state index in [0.29, 0.717) is 6.04 Å². The van der Waals surface area contributed by atoms with Crippen molar-refractivity contribution in [1.29, 1.82) is 0 Å². The van der Waals surface area contributed by atoms with Gasteiger partial charge in [-0.15, -0.1) is 0 Å². The van der Waals surface area contributed by atoms with Crippen LogP contribution in [0.4, 0.5) is 0 Å². The molecule has 0 aromatic heterocycles. The predicted octanol–water partition coefficient (Wildman–Crippen LogP) is 3.30. The molecule has 2 N–H and O–H groups in total. The van der Waals surface area contributed by atoms with Crippen molar-refractivity contribution < 1.29 is 9.90 Å². The zero-order chi connectivity index (χ0) is 13.9. The molecule has 3 rings (SSSR count). The van der Waals surface area contributed by atoms with Gasteiger partial charge in [-0.25, -0.2) is 0 Å². The average Bonchev–Trinajstić information content (AvgIpc) is 3.30. The molecule has 2 unspecified atom stereocenters. The molecule has 20 heavy (non-hydrogen) atoms. The maximum absolute atomic E-state index is 11.1. The van der Waals surface area contributed by atoms with Gasteiger partial charge in [-0.3, -0.25) is 4.79 Å². The molecular weight excluding hydrogens is 250 g/mol. The van der Waals surface area contributed by atoms with Crippen LogP contribution >= 0.6 is 0 Å². The van der Waals surface area contributed by atoms with Crippen LogP contribution in [0.15, 0.2) is 24.3 Å². The molecule has 0 radical (unpaired) electrons. The molecule has 108 valence electrons. The summed E-state index contributed by atoms with van der Waals surface area (Å²) in [6.07, 6.45) is 6.41. The number of nitrogens with one attached hydrogen (secondary N) is 1. The molecule has 2 saturated carbocycles. The molecule has 1 aromatic carbocycles. The fourth-order valence-electron chi connectivity index (χ4n) is 3.24. The van der Waals surface area contributed by atoms with E-state index >= 15 is 0 Å². The molecule has 3 nitrogen and oxygen atoms in total. The lowest BCUT2D eigenvalue weighted by Crippen LogP contribution is -2.36. The lowest BCUT2D eigenvalue weighted by Gasteiger charge is -2.27. The Balaban J connectivity index is 1.53. The quantitative estimate of drug-likeness (QED) is 0.865. The van der Waals surface area contributed by atoms with Crippen LogP contribution in [0.1, 0.15) is 55.6 Å². The van der Waals surface area contributed by atoms with Gasteiger partial charge in [-0.05, 0) is 49.1 Å². The normalized spacial score (nSPS) is 26.4. The van der Waals surface area contributed by atoms with Gasteiger partial charge in [0.05, 0.1) is 5.92 Å². The van der Waals surface area contributed by atoms with Crippen LogP contribution in [-0.4, -0.2) is 17.1 Å². The number of carbonyl (C=O) groups is 1. The van der Waals surface area contributed by atoms with Gasteiger partial charge in [0.15, 0.2) is 0 Å². The monoisotopic (exact) mass is 273 g/mol. The van der Waals surface area contributed by atoms with Gasteiger partial charge in [-0.2, -0.15) is 0 Å². The van der Waals surface area contributed by atoms with Gasteiger partial charge in [-0.1, -0.05) is 30.7 Å². The van der Waals surface area contributed by atoms with Crippen molar-refractivity contribution >= 4 is 5.97 Å². The Morgan fingerprint density at radius 3 is 2.85 bits per heavy atom. The lowest BCUT2D eigenvalue weighted by atomic mass is 9.85. The van der Waals surface area contributed by atoms with Crippen LogP contribution in [0.3, 0.4) is 0 Å². The van der Waals surface area contributed by atoms with E-state index in [4.69, 9.17) is 5.11 Å².